The Bertz CT molecular complexity index is 2760. The molecular formula is C44H26O. The fourth-order valence-electron chi connectivity index (χ4n) is 7.58. The predicted octanol–water partition coefficient (Wildman–Crippen LogP) is 12.6. The molecule has 0 saturated carbocycles. The smallest absolute Gasteiger partial charge is 0.143 e. The van der Waals surface area contributed by atoms with Gasteiger partial charge in [-0.15, -0.1) is 0 Å². The predicted molar refractivity (Wildman–Crippen MR) is 191 cm³/mol. The Kier molecular flexibility index (Phi) is 5.06. The summed E-state index contributed by atoms with van der Waals surface area (Å²) < 4.78 is 6.41. The molecule has 0 bridgehead atoms. The summed E-state index contributed by atoms with van der Waals surface area (Å²) in [7, 11) is 0. The van der Waals surface area contributed by atoms with Crippen molar-refractivity contribution in [1.82, 2.24) is 0 Å². The molecule has 0 aliphatic carbocycles. The molecule has 0 atom stereocenters. The van der Waals surface area contributed by atoms with Gasteiger partial charge in [-0.3, -0.25) is 0 Å². The average molecular weight is 571 g/mol. The van der Waals surface area contributed by atoms with Crippen molar-refractivity contribution >= 4 is 65.0 Å². The Hall–Kier alpha value is -5.92. The van der Waals surface area contributed by atoms with E-state index >= 15 is 0 Å². The molecule has 0 amide bonds. The second-order valence-electron chi connectivity index (χ2n) is 12.0. The molecule has 1 nitrogen and oxygen atoms in total. The molecule has 1 aromatic heterocycles. The average Bonchev–Trinajstić information content (AvgIpc) is 3.49. The van der Waals surface area contributed by atoms with Crippen LogP contribution in [0.15, 0.2) is 162 Å². The minimum Gasteiger partial charge on any atom is -0.455 e. The van der Waals surface area contributed by atoms with E-state index in [4.69, 9.17) is 4.42 Å². The quantitative estimate of drug-likeness (QED) is 0.193. The second kappa shape index (κ2) is 9.29. The SMILES string of the molecule is c1cc(-c2ccc3ccc4c(-c5cccc6ccccc56)ccc5ccc2c3c54)cc(-c2cccc3c2oc2ccccc23)c1. The summed E-state index contributed by atoms with van der Waals surface area (Å²) in [5, 5.41) is 12.6. The fourth-order valence-corrected chi connectivity index (χ4v) is 7.58. The zero-order valence-corrected chi connectivity index (χ0v) is 24.4. The van der Waals surface area contributed by atoms with Crippen LogP contribution in [0.3, 0.4) is 0 Å². The molecule has 10 rings (SSSR count). The van der Waals surface area contributed by atoms with Crippen molar-refractivity contribution in [3.8, 4) is 33.4 Å². The van der Waals surface area contributed by atoms with E-state index in [2.05, 4.69) is 146 Å². The van der Waals surface area contributed by atoms with E-state index < -0.39 is 0 Å². The molecule has 9 aromatic carbocycles. The maximum absolute atomic E-state index is 6.41. The number of furan rings is 1. The van der Waals surface area contributed by atoms with E-state index in [0.29, 0.717) is 0 Å². The van der Waals surface area contributed by atoms with Crippen LogP contribution in [0.1, 0.15) is 0 Å². The summed E-state index contributed by atoms with van der Waals surface area (Å²) in [6.45, 7) is 0. The van der Waals surface area contributed by atoms with Crippen molar-refractivity contribution in [1.29, 1.82) is 0 Å². The van der Waals surface area contributed by atoms with Crippen LogP contribution in [0.4, 0.5) is 0 Å². The number of benzene rings is 9. The molecule has 208 valence electrons. The highest BCUT2D eigenvalue weighted by atomic mass is 16.3. The molecule has 0 saturated heterocycles. The van der Waals surface area contributed by atoms with E-state index in [-0.39, 0.29) is 0 Å². The van der Waals surface area contributed by atoms with Crippen LogP contribution in [0.5, 0.6) is 0 Å². The van der Waals surface area contributed by atoms with Crippen LogP contribution >= 0.6 is 0 Å². The summed E-state index contributed by atoms with van der Waals surface area (Å²) >= 11 is 0. The summed E-state index contributed by atoms with van der Waals surface area (Å²) in [6, 6.07) is 57.3. The summed E-state index contributed by atoms with van der Waals surface area (Å²) in [5.41, 5.74) is 9.12. The van der Waals surface area contributed by atoms with Gasteiger partial charge in [0.2, 0.25) is 0 Å². The first kappa shape index (κ1) is 24.5. The molecule has 0 radical (unpaired) electrons. The lowest BCUT2D eigenvalue weighted by Gasteiger charge is -2.17. The number of rotatable bonds is 3. The molecule has 0 aliphatic rings. The minimum atomic E-state index is 0.922. The molecule has 0 fully saturated rings. The molecule has 0 N–H and O–H groups in total. The summed E-state index contributed by atoms with van der Waals surface area (Å²) in [5.74, 6) is 0. The van der Waals surface area contributed by atoms with Gasteiger partial charge in [0.25, 0.3) is 0 Å². The lowest BCUT2D eigenvalue weighted by molar-refractivity contribution is 0.670. The number of hydrogen-bond donors (Lipinski definition) is 0. The Morgan fingerprint density at radius 1 is 0.311 bits per heavy atom. The van der Waals surface area contributed by atoms with Crippen LogP contribution < -0.4 is 0 Å². The monoisotopic (exact) mass is 570 g/mol. The van der Waals surface area contributed by atoms with E-state index in [9.17, 15) is 0 Å². The lowest BCUT2D eigenvalue weighted by Crippen LogP contribution is -1.90. The van der Waals surface area contributed by atoms with Crippen molar-refractivity contribution in [2.45, 2.75) is 0 Å². The molecule has 0 spiro atoms. The van der Waals surface area contributed by atoms with Crippen molar-refractivity contribution in [3.63, 3.8) is 0 Å². The highest BCUT2D eigenvalue weighted by Crippen LogP contribution is 2.44. The normalized spacial score (nSPS) is 12.0. The molecular weight excluding hydrogens is 544 g/mol. The maximum atomic E-state index is 6.41. The molecule has 45 heavy (non-hydrogen) atoms. The number of hydrogen-bond acceptors (Lipinski definition) is 1. The fraction of sp³-hybridized carbons (Fsp3) is 0. The van der Waals surface area contributed by atoms with Crippen molar-refractivity contribution in [2.24, 2.45) is 0 Å². The highest BCUT2D eigenvalue weighted by Gasteiger charge is 2.17. The highest BCUT2D eigenvalue weighted by molar-refractivity contribution is 6.28. The molecule has 10 aromatic rings. The van der Waals surface area contributed by atoms with Gasteiger partial charge in [0.05, 0.1) is 0 Å². The Morgan fingerprint density at radius 3 is 1.71 bits per heavy atom. The zero-order valence-electron chi connectivity index (χ0n) is 24.4. The zero-order chi connectivity index (χ0) is 29.5. The van der Waals surface area contributed by atoms with Crippen LogP contribution in [0.25, 0.3) is 98.4 Å². The van der Waals surface area contributed by atoms with Crippen LogP contribution in [0, 0.1) is 0 Å². The largest absolute Gasteiger partial charge is 0.455 e. The third-order valence-electron chi connectivity index (χ3n) is 9.63. The van der Waals surface area contributed by atoms with Crippen LogP contribution in [0.2, 0.25) is 0 Å². The third-order valence-corrected chi connectivity index (χ3v) is 9.63. The first-order valence-corrected chi connectivity index (χ1v) is 15.5. The number of para-hydroxylation sites is 2. The lowest BCUT2D eigenvalue weighted by atomic mass is 9.86. The first-order chi connectivity index (χ1) is 22.3. The molecule has 1 heterocycles. The standard InChI is InChI=1S/C44H26O/c1-2-12-32-27(8-1)9-6-15-35(32)36-23-19-29-20-24-38-33(22-18-28-21-25-39(36)43(29)42(28)38)30-10-5-11-31(26-30)34-14-7-16-40-37-13-3-4-17-41(37)45-44(34)40/h1-26H. The molecule has 0 unspecified atom stereocenters. The Labute approximate surface area is 259 Å². The molecule has 0 aliphatic heterocycles. The number of fused-ring (bicyclic) bond motifs is 4. The Balaban J connectivity index is 1.19. The van der Waals surface area contributed by atoms with E-state index in [0.717, 1.165) is 33.1 Å². The van der Waals surface area contributed by atoms with Gasteiger partial charge in [0, 0.05) is 16.3 Å². The van der Waals surface area contributed by atoms with Gasteiger partial charge in [-0.2, -0.15) is 0 Å². The molecule has 1 heteroatoms. The van der Waals surface area contributed by atoms with Crippen molar-refractivity contribution in [3.05, 3.63) is 158 Å². The van der Waals surface area contributed by atoms with Crippen LogP contribution in [-0.2, 0) is 0 Å². The summed E-state index contributed by atoms with van der Waals surface area (Å²) in [4.78, 5) is 0. The van der Waals surface area contributed by atoms with Gasteiger partial charge in [-0.05, 0) is 83.0 Å². The van der Waals surface area contributed by atoms with Crippen molar-refractivity contribution in [2.75, 3.05) is 0 Å². The topological polar surface area (TPSA) is 13.1 Å². The summed E-state index contributed by atoms with van der Waals surface area (Å²) in [6.07, 6.45) is 0. The maximum Gasteiger partial charge on any atom is 0.143 e. The second-order valence-corrected chi connectivity index (χ2v) is 12.0. The third kappa shape index (κ3) is 3.56. The van der Waals surface area contributed by atoms with Gasteiger partial charge in [0.15, 0.2) is 0 Å². The van der Waals surface area contributed by atoms with Gasteiger partial charge >= 0.3 is 0 Å². The van der Waals surface area contributed by atoms with Gasteiger partial charge in [-0.25, -0.2) is 0 Å². The van der Waals surface area contributed by atoms with Gasteiger partial charge in [0.1, 0.15) is 11.2 Å². The minimum absolute atomic E-state index is 0.922. The van der Waals surface area contributed by atoms with E-state index in [1.807, 2.05) is 12.1 Å². The Morgan fingerprint density at radius 2 is 0.867 bits per heavy atom. The van der Waals surface area contributed by atoms with Crippen LogP contribution in [-0.4, -0.2) is 0 Å². The van der Waals surface area contributed by atoms with Gasteiger partial charge in [-0.1, -0.05) is 146 Å². The van der Waals surface area contributed by atoms with Gasteiger partial charge < -0.3 is 4.42 Å². The van der Waals surface area contributed by atoms with Crippen molar-refractivity contribution < 1.29 is 4.42 Å². The van der Waals surface area contributed by atoms with E-state index in [1.165, 1.54) is 65.3 Å². The van der Waals surface area contributed by atoms with E-state index in [1.54, 1.807) is 0 Å². The first-order valence-electron chi connectivity index (χ1n) is 15.5.